The molecule has 0 radical (unpaired) electrons. The molecule has 1 aromatic rings. The van der Waals surface area contributed by atoms with E-state index in [-0.39, 0.29) is 0 Å². The summed E-state index contributed by atoms with van der Waals surface area (Å²) in [6.07, 6.45) is 3.63. The fourth-order valence-corrected chi connectivity index (χ4v) is 3.64. The average Bonchev–Trinajstić information content (AvgIpc) is 3.00. The molecule has 2 N–H and O–H groups in total. The maximum absolute atomic E-state index is 11.0. The number of aliphatic hydroxyl groups is 1. The van der Waals surface area contributed by atoms with E-state index in [1.165, 1.54) is 0 Å². The lowest BCUT2D eigenvalue weighted by Crippen LogP contribution is -2.53. The summed E-state index contributed by atoms with van der Waals surface area (Å²) in [5, 5.41) is 19.1. The fraction of sp³-hybridized carbons (Fsp3) is 0.688. The molecule has 2 aliphatic heterocycles. The SMILES string of the molecule is O=C(O)[C@H]1CCN(C2CCN(Cc3ccco3)CC2)C[C@H]1O. The van der Waals surface area contributed by atoms with E-state index in [9.17, 15) is 9.90 Å². The van der Waals surface area contributed by atoms with E-state index in [1.54, 1.807) is 6.26 Å². The Morgan fingerprint density at radius 1 is 1.27 bits per heavy atom. The highest BCUT2D eigenvalue weighted by molar-refractivity contribution is 5.70. The summed E-state index contributed by atoms with van der Waals surface area (Å²) in [6.45, 7) is 4.14. The van der Waals surface area contributed by atoms with Gasteiger partial charge in [0.05, 0.1) is 24.8 Å². The van der Waals surface area contributed by atoms with E-state index in [0.29, 0.717) is 19.0 Å². The summed E-state index contributed by atoms with van der Waals surface area (Å²) in [5.74, 6) is -0.480. The maximum Gasteiger partial charge on any atom is 0.309 e. The van der Waals surface area contributed by atoms with Crippen molar-refractivity contribution in [1.82, 2.24) is 9.80 Å². The third-order valence-electron chi connectivity index (χ3n) is 4.96. The standard InChI is InChI=1S/C16H24N2O4/c19-15-11-18(8-5-14(15)16(20)21)12-3-6-17(7-4-12)10-13-2-1-9-22-13/h1-2,9,12,14-15,19H,3-8,10-11H2,(H,20,21)/t14-,15+/m0/s1. The van der Waals surface area contributed by atoms with Crippen LogP contribution in [-0.4, -0.2) is 64.3 Å². The highest BCUT2D eigenvalue weighted by Gasteiger charge is 2.36. The van der Waals surface area contributed by atoms with Gasteiger partial charge in [-0.15, -0.1) is 0 Å². The maximum atomic E-state index is 11.0. The van der Waals surface area contributed by atoms with Gasteiger partial charge in [0.1, 0.15) is 5.76 Å². The van der Waals surface area contributed by atoms with Gasteiger partial charge in [-0.2, -0.15) is 0 Å². The topological polar surface area (TPSA) is 77.2 Å². The number of furan rings is 1. The van der Waals surface area contributed by atoms with Gasteiger partial charge in [-0.05, 0) is 37.9 Å². The second-order valence-corrected chi connectivity index (χ2v) is 6.38. The molecule has 0 spiro atoms. The Bertz CT molecular complexity index is 482. The molecule has 0 bridgehead atoms. The van der Waals surface area contributed by atoms with Crippen molar-refractivity contribution in [2.45, 2.75) is 38.0 Å². The van der Waals surface area contributed by atoms with Crippen LogP contribution < -0.4 is 0 Å². The number of aliphatic carboxylic acids is 1. The second kappa shape index (κ2) is 6.81. The molecule has 2 atom stereocenters. The molecule has 0 unspecified atom stereocenters. The predicted molar refractivity (Wildman–Crippen MR) is 80.3 cm³/mol. The molecule has 0 saturated carbocycles. The van der Waals surface area contributed by atoms with E-state index >= 15 is 0 Å². The van der Waals surface area contributed by atoms with E-state index in [2.05, 4.69) is 9.80 Å². The van der Waals surface area contributed by atoms with Gasteiger partial charge in [0.15, 0.2) is 0 Å². The molecule has 6 heteroatoms. The van der Waals surface area contributed by atoms with Gasteiger partial charge in [-0.3, -0.25) is 14.6 Å². The van der Waals surface area contributed by atoms with Crippen LogP contribution in [0.1, 0.15) is 25.0 Å². The van der Waals surface area contributed by atoms with Crippen molar-refractivity contribution >= 4 is 5.97 Å². The second-order valence-electron chi connectivity index (χ2n) is 6.38. The molecule has 2 aliphatic rings. The Labute approximate surface area is 130 Å². The highest BCUT2D eigenvalue weighted by Crippen LogP contribution is 2.25. The first kappa shape index (κ1) is 15.5. The third kappa shape index (κ3) is 3.51. The van der Waals surface area contributed by atoms with Crippen LogP contribution in [0, 0.1) is 5.92 Å². The normalized spacial score (nSPS) is 28.8. The molecule has 22 heavy (non-hydrogen) atoms. The molecule has 0 aliphatic carbocycles. The third-order valence-corrected chi connectivity index (χ3v) is 4.96. The minimum atomic E-state index is -0.875. The molecule has 0 aromatic carbocycles. The number of rotatable bonds is 4. The van der Waals surface area contributed by atoms with Crippen molar-refractivity contribution in [3.05, 3.63) is 24.2 Å². The van der Waals surface area contributed by atoms with Gasteiger partial charge in [0, 0.05) is 25.7 Å². The molecular formula is C16H24N2O4. The van der Waals surface area contributed by atoms with Crippen LogP contribution in [0.15, 0.2) is 22.8 Å². The number of hydrogen-bond acceptors (Lipinski definition) is 5. The van der Waals surface area contributed by atoms with Gasteiger partial charge < -0.3 is 14.6 Å². The predicted octanol–water partition coefficient (Wildman–Crippen LogP) is 1.01. The number of hydrogen-bond donors (Lipinski definition) is 2. The van der Waals surface area contributed by atoms with Gasteiger partial charge in [-0.25, -0.2) is 0 Å². The number of carbonyl (C=O) groups is 1. The minimum absolute atomic E-state index is 0.456. The van der Waals surface area contributed by atoms with Crippen LogP contribution >= 0.6 is 0 Å². The summed E-state index contributed by atoms with van der Waals surface area (Å²) in [6, 6.07) is 4.37. The monoisotopic (exact) mass is 308 g/mol. The first-order valence-corrected chi connectivity index (χ1v) is 8.03. The zero-order valence-electron chi connectivity index (χ0n) is 12.7. The van der Waals surface area contributed by atoms with Crippen LogP contribution in [-0.2, 0) is 11.3 Å². The number of carboxylic acids is 1. The van der Waals surface area contributed by atoms with Gasteiger partial charge >= 0.3 is 5.97 Å². The zero-order chi connectivity index (χ0) is 15.5. The van der Waals surface area contributed by atoms with E-state index in [0.717, 1.165) is 44.8 Å². The molecule has 2 fully saturated rings. The van der Waals surface area contributed by atoms with Gasteiger partial charge in [0.25, 0.3) is 0 Å². The van der Waals surface area contributed by atoms with Crippen molar-refractivity contribution in [3.63, 3.8) is 0 Å². The van der Waals surface area contributed by atoms with Crippen molar-refractivity contribution in [2.24, 2.45) is 5.92 Å². The molecule has 3 rings (SSSR count). The Balaban J connectivity index is 1.46. The Hall–Kier alpha value is -1.37. The lowest BCUT2D eigenvalue weighted by molar-refractivity contribution is -0.149. The molecule has 1 aromatic heterocycles. The van der Waals surface area contributed by atoms with Crippen LogP contribution in [0.4, 0.5) is 0 Å². The van der Waals surface area contributed by atoms with Gasteiger partial charge in [-0.1, -0.05) is 0 Å². The van der Waals surface area contributed by atoms with E-state index in [4.69, 9.17) is 9.52 Å². The molecule has 122 valence electrons. The summed E-state index contributed by atoms with van der Waals surface area (Å²) in [5.41, 5.74) is 0. The summed E-state index contributed by atoms with van der Waals surface area (Å²) >= 11 is 0. The fourth-order valence-electron chi connectivity index (χ4n) is 3.64. The summed E-state index contributed by atoms with van der Waals surface area (Å²) in [4.78, 5) is 15.7. The quantitative estimate of drug-likeness (QED) is 0.864. The lowest BCUT2D eigenvalue weighted by atomic mass is 9.91. The van der Waals surface area contributed by atoms with Crippen LogP contribution in [0.5, 0.6) is 0 Å². The smallest absolute Gasteiger partial charge is 0.309 e. The highest BCUT2D eigenvalue weighted by atomic mass is 16.4. The summed E-state index contributed by atoms with van der Waals surface area (Å²) < 4.78 is 5.39. The molecular weight excluding hydrogens is 284 g/mol. The lowest BCUT2D eigenvalue weighted by Gasteiger charge is -2.42. The average molecular weight is 308 g/mol. The number of β-amino-alcohol motifs (C(OH)–C–C–N with tert-alkyl or cyclic N) is 1. The van der Waals surface area contributed by atoms with Crippen molar-refractivity contribution < 1.29 is 19.4 Å². The molecule has 6 nitrogen and oxygen atoms in total. The minimum Gasteiger partial charge on any atom is -0.481 e. The van der Waals surface area contributed by atoms with Crippen LogP contribution in [0.2, 0.25) is 0 Å². The van der Waals surface area contributed by atoms with Crippen molar-refractivity contribution in [2.75, 3.05) is 26.2 Å². The zero-order valence-corrected chi connectivity index (χ0v) is 12.7. The number of piperidine rings is 2. The first-order chi connectivity index (χ1) is 10.6. The largest absolute Gasteiger partial charge is 0.481 e. The number of aliphatic hydroxyl groups excluding tert-OH is 1. The van der Waals surface area contributed by atoms with Gasteiger partial charge in [0.2, 0.25) is 0 Å². The van der Waals surface area contributed by atoms with Crippen molar-refractivity contribution in [1.29, 1.82) is 0 Å². The Morgan fingerprint density at radius 3 is 2.64 bits per heavy atom. The number of nitrogens with zero attached hydrogens (tertiary/aromatic N) is 2. The Morgan fingerprint density at radius 2 is 2.05 bits per heavy atom. The number of carboxylic acid groups (broad SMARTS) is 1. The molecule has 0 amide bonds. The Kier molecular flexibility index (Phi) is 4.81. The molecule has 2 saturated heterocycles. The van der Waals surface area contributed by atoms with Crippen molar-refractivity contribution in [3.8, 4) is 0 Å². The van der Waals surface area contributed by atoms with E-state index < -0.39 is 18.0 Å². The number of likely N-dealkylation sites (tertiary alicyclic amines) is 2. The molecule has 3 heterocycles. The summed E-state index contributed by atoms with van der Waals surface area (Å²) in [7, 11) is 0. The van der Waals surface area contributed by atoms with E-state index in [1.807, 2.05) is 12.1 Å². The first-order valence-electron chi connectivity index (χ1n) is 8.03. The van der Waals surface area contributed by atoms with Crippen LogP contribution in [0.25, 0.3) is 0 Å². The van der Waals surface area contributed by atoms with Crippen LogP contribution in [0.3, 0.4) is 0 Å².